The van der Waals surface area contributed by atoms with Crippen LogP contribution in [0.25, 0.3) is 0 Å². The van der Waals surface area contributed by atoms with E-state index in [4.69, 9.17) is 9.47 Å². The van der Waals surface area contributed by atoms with E-state index in [1.807, 2.05) is 86.6 Å². The summed E-state index contributed by atoms with van der Waals surface area (Å²) in [5.74, 6) is 0.228. The Labute approximate surface area is 342 Å². The quantitative estimate of drug-likeness (QED) is 0.198. The highest BCUT2D eigenvalue weighted by Gasteiger charge is 2.29. The average Bonchev–Trinajstić information content (AvgIpc) is 3.24. The van der Waals surface area contributed by atoms with E-state index < -0.39 is 12.1 Å². The number of amides is 4. The van der Waals surface area contributed by atoms with E-state index >= 15 is 0 Å². The van der Waals surface area contributed by atoms with Crippen LogP contribution in [0.4, 0.5) is 0 Å². The molecule has 304 valence electrons. The van der Waals surface area contributed by atoms with Crippen molar-refractivity contribution in [3.05, 3.63) is 156 Å². The zero-order chi connectivity index (χ0) is 41.6. The molecule has 10 heteroatoms. The lowest BCUT2D eigenvalue weighted by Gasteiger charge is -2.28. The minimum Gasteiger partial charge on any atom is -0.490 e. The molecule has 2 aliphatic rings. The topological polar surface area (TPSA) is 117 Å². The second kappa shape index (κ2) is 20.8. The van der Waals surface area contributed by atoms with Gasteiger partial charge in [0.25, 0.3) is 11.8 Å². The molecule has 4 aromatic carbocycles. The van der Waals surface area contributed by atoms with Crippen LogP contribution in [-0.4, -0.2) is 71.8 Å². The van der Waals surface area contributed by atoms with Crippen LogP contribution in [0.2, 0.25) is 0 Å². The summed E-state index contributed by atoms with van der Waals surface area (Å²) in [6.07, 6.45) is 10.9. The number of rotatable bonds is 2. The normalized spacial score (nSPS) is 24.7. The standard InChI is InChI=1S/2C24H28N2O3/c2*1-17-11-7-9-15-21(19-12-5-4-6-13-19)25-23(27)18(2)26(3)24(28)20-14-8-10-16-22(20)29-17/h2*4-10,12-14,16-18,21H,11,15H2,1-3H3,(H,25,27)/b9-7+;9-7-/t2*17-,18+,21+/m00/s1. The summed E-state index contributed by atoms with van der Waals surface area (Å²) >= 11 is 0. The van der Waals surface area contributed by atoms with Gasteiger partial charge in [0.15, 0.2) is 0 Å². The van der Waals surface area contributed by atoms with E-state index in [0.29, 0.717) is 48.3 Å². The first-order chi connectivity index (χ1) is 27.9. The Balaban J connectivity index is 0.000000221. The number of benzene rings is 4. The van der Waals surface area contributed by atoms with Crippen molar-refractivity contribution in [3.63, 3.8) is 0 Å². The summed E-state index contributed by atoms with van der Waals surface area (Å²) in [5, 5.41) is 6.22. The van der Waals surface area contributed by atoms with Gasteiger partial charge in [0.2, 0.25) is 11.8 Å². The first kappa shape index (κ1) is 43.0. The molecule has 0 bridgehead atoms. The Kier molecular flexibility index (Phi) is 15.4. The second-order valence-corrected chi connectivity index (χ2v) is 14.9. The Morgan fingerprint density at radius 3 is 1.17 bits per heavy atom. The maximum Gasteiger partial charge on any atom is 0.258 e. The molecule has 0 saturated heterocycles. The van der Waals surface area contributed by atoms with Crippen molar-refractivity contribution in [2.24, 2.45) is 0 Å². The van der Waals surface area contributed by atoms with Gasteiger partial charge in [-0.2, -0.15) is 0 Å². The third kappa shape index (κ3) is 11.5. The van der Waals surface area contributed by atoms with Crippen molar-refractivity contribution < 1.29 is 28.7 Å². The summed E-state index contributed by atoms with van der Waals surface area (Å²) < 4.78 is 12.1. The molecule has 0 aromatic heterocycles. The lowest BCUT2D eigenvalue weighted by molar-refractivity contribution is -0.126. The zero-order valence-corrected chi connectivity index (χ0v) is 34.3. The highest BCUT2D eigenvalue weighted by atomic mass is 16.5. The second-order valence-electron chi connectivity index (χ2n) is 14.9. The van der Waals surface area contributed by atoms with E-state index in [-0.39, 0.29) is 47.9 Å². The molecule has 0 aliphatic carbocycles. The molecule has 2 heterocycles. The molecule has 0 spiro atoms. The number of likely N-dealkylation sites (N-methyl/N-ethyl adjacent to an activating group) is 2. The van der Waals surface area contributed by atoms with Crippen LogP contribution in [0, 0.1) is 0 Å². The van der Waals surface area contributed by atoms with E-state index in [2.05, 4.69) is 34.9 Å². The third-order valence-corrected chi connectivity index (χ3v) is 10.5. The minimum atomic E-state index is -0.619. The lowest BCUT2D eigenvalue weighted by Crippen LogP contribution is -2.47. The number of fused-ring (bicyclic) bond motifs is 2. The van der Waals surface area contributed by atoms with Gasteiger partial charge in [0.05, 0.1) is 35.4 Å². The Hall–Kier alpha value is -6.16. The number of nitrogens with one attached hydrogen (secondary N) is 2. The van der Waals surface area contributed by atoms with Crippen LogP contribution in [0.1, 0.15) is 97.3 Å². The number of hydrogen-bond donors (Lipinski definition) is 2. The van der Waals surface area contributed by atoms with Gasteiger partial charge in [-0.15, -0.1) is 0 Å². The molecule has 2 N–H and O–H groups in total. The predicted molar refractivity (Wildman–Crippen MR) is 228 cm³/mol. The number of carbonyl (C=O) groups is 4. The number of hydrogen-bond acceptors (Lipinski definition) is 6. The fraction of sp³-hybridized carbons (Fsp3) is 0.333. The molecule has 6 atom stereocenters. The van der Waals surface area contributed by atoms with Gasteiger partial charge in [0.1, 0.15) is 23.6 Å². The van der Waals surface area contributed by atoms with Gasteiger partial charge in [-0.3, -0.25) is 19.2 Å². The monoisotopic (exact) mass is 784 g/mol. The minimum absolute atomic E-state index is 0.0735. The predicted octanol–water partition coefficient (Wildman–Crippen LogP) is 8.24. The van der Waals surface area contributed by atoms with E-state index in [0.717, 1.165) is 11.1 Å². The molecule has 0 unspecified atom stereocenters. The SMILES string of the molecule is C[C@@H]1C(=O)N[C@@H](c2ccccc2)C/C=C/C[C@H](C)Oc2ccccc2C(=O)N1C.C[C@@H]1C(=O)N[C@@H](c2ccccc2)C/C=C\C[C@H](C)Oc2ccccc2C(=O)N1C. The Morgan fingerprint density at radius 1 is 0.466 bits per heavy atom. The van der Waals surface area contributed by atoms with Gasteiger partial charge in [-0.25, -0.2) is 0 Å². The van der Waals surface area contributed by atoms with Crippen molar-refractivity contribution in [3.8, 4) is 11.5 Å². The first-order valence-electron chi connectivity index (χ1n) is 20.0. The van der Waals surface area contributed by atoms with Crippen LogP contribution >= 0.6 is 0 Å². The molecule has 4 aromatic rings. The van der Waals surface area contributed by atoms with Crippen molar-refractivity contribution >= 4 is 23.6 Å². The van der Waals surface area contributed by atoms with Gasteiger partial charge in [0, 0.05) is 26.9 Å². The molecule has 2 aliphatic heterocycles. The first-order valence-corrected chi connectivity index (χ1v) is 20.0. The molecule has 10 nitrogen and oxygen atoms in total. The molecule has 0 fully saturated rings. The number of carbonyl (C=O) groups excluding carboxylic acids is 4. The van der Waals surface area contributed by atoms with Crippen LogP contribution < -0.4 is 20.1 Å². The summed E-state index contributed by atoms with van der Waals surface area (Å²) in [6, 6.07) is 32.6. The van der Waals surface area contributed by atoms with E-state index in [1.165, 1.54) is 9.80 Å². The summed E-state index contributed by atoms with van der Waals surface area (Å²) in [7, 11) is 3.30. The van der Waals surface area contributed by atoms with E-state index in [9.17, 15) is 19.2 Å². The number of para-hydroxylation sites is 2. The van der Waals surface area contributed by atoms with Crippen LogP contribution in [0.15, 0.2) is 133 Å². The maximum absolute atomic E-state index is 13.1. The summed E-state index contributed by atoms with van der Waals surface area (Å²) in [6.45, 7) is 7.45. The number of ether oxygens (including phenoxy) is 2. The molecule has 0 saturated carbocycles. The third-order valence-electron chi connectivity index (χ3n) is 10.5. The lowest BCUT2D eigenvalue weighted by atomic mass is 10.0. The number of nitrogens with zero attached hydrogens (tertiary/aromatic N) is 2. The fourth-order valence-electron chi connectivity index (χ4n) is 6.66. The van der Waals surface area contributed by atoms with Crippen molar-refractivity contribution in [2.75, 3.05) is 14.1 Å². The fourth-order valence-corrected chi connectivity index (χ4v) is 6.66. The molecular formula is C48H56N4O6. The highest BCUT2D eigenvalue weighted by Crippen LogP contribution is 2.26. The van der Waals surface area contributed by atoms with Crippen molar-refractivity contribution in [2.45, 2.75) is 89.8 Å². The molecule has 0 radical (unpaired) electrons. The average molecular weight is 785 g/mol. The zero-order valence-electron chi connectivity index (χ0n) is 34.3. The van der Waals surface area contributed by atoms with Crippen molar-refractivity contribution in [1.82, 2.24) is 20.4 Å². The van der Waals surface area contributed by atoms with Gasteiger partial charge in [-0.1, -0.05) is 109 Å². The molecule has 4 amide bonds. The van der Waals surface area contributed by atoms with Crippen LogP contribution in [0.3, 0.4) is 0 Å². The summed E-state index contributed by atoms with van der Waals surface area (Å²) in [5.41, 5.74) is 2.99. The van der Waals surface area contributed by atoms with Gasteiger partial charge < -0.3 is 29.9 Å². The largest absolute Gasteiger partial charge is 0.490 e. The highest BCUT2D eigenvalue weighted by molar-refractivity contribution is 6.00. The summed E-state index contributed by atoms with van der Waals surface area (Å²) in [4.78, 5) is 54.9. The molecule has 58 heavy (non-hydrogen) atoms. The smallest absolute Gasteiger partial charge is 0.258 e. The Morgan fingerprint density at radius 2 is 0.793 bits per heavy atom. The van der Waals surface area contributed by atoms with Crippen molar-refractivity contribution in [1.29, 1.82) is 0 Å². The van der Waals surface area contributed by atoms with Gasteiger partial charge >= 0.3 is 0 Å². The van der Waals surface area contributed by atoms with E-state index in [1.54, 1.807) is 64.3 Å². The molecular weight excluding hydrogens is 729 g/mol. The Bertz CT molecular complexity index is 1900. The van der Waals surface area contributed by atoms with Crippen LogP contribution in [0.5, 0.6) is 11.5 Å². The van der Waals surface area contributed by atoms with Gasteiger partial charge in [-0.05, 0) is 75.9 Å². The maximum atomic E-state index is 13.1. The molecule has 6 rings (SSSR count). The van der Waals surface area contributed by atoms with Crippen LogP contribution in [-0.2, 0) is 9.59 Å².